The first kappa shape index (κ1) is 21.7. The standard InChI is InChI=1S/C12H34O5Si4/c1-10-20(8,15-11-18(4)5)17-21(9,12-13-2)16-19(6,7)14-3/h18H,10-12H2,1-9H3. The van der Waals surface area contributed by atoms with Gasteiger partial charge in [0.05, 0.1) is 15.0 Å². The normalized spacial score (nSPS) is 18.6. The fraction of sp³-hybridized carbons (Fsp3) is 1.00. The van der Waals surface area contributed by atoms with Crippen molar-refractivity contribution in [3.8, 4) is 0 Å². The molecule has 0 fully saturated rings. The highest BCUT2D eigenvalue weighted by Crippen LogP contribution is 2.24. The summed E-state index contributed by atoms with van der Waals surface area (Å²) < 4.78 is 29.9. The molecule has 2 atom stereocenters. The Kier molecular flexibility index (Phi) is 9.37. The Morgan fingerprint density at radius 3 is 1.86 bits per heavy atom. The summed E-state index contributed by atoms with van der Waals surface area (Å²) >= 11 is 0. The molecule has 0 aromatic carbocycles. The fourth-order valence-electron chi connectivity index (χ4n) is 1.91. The molecule has 0 saturated heterocycles. The monoisotopic (exact) mass is 370 g/mol. The topological polar surface area (TPSA) is 46.2 Å². The predicted molar refractivity (Wildman–Crippen MR) is 97.1 cm³/mol. The highest BCUT2D eigenvalue weighted by molar-refractivity contribution is 6.85. The van der Waals surface area contributed by atoms with Gasteiger partial charge in [-0.3, -0.25) is 0 Å². The molecule has 128 valence electrons. The number of methoxy groups -OCH3 is 1. The average Bonchev–Trinajstić information content (AvgIpc) is 2.35. The lowest BCUT2D eigenvalue weighted by atomic mass is 11.0. The largest absolute Gasteiger partial charge is 0.414 e. The van der Waals surface area contributed by atoms with E-state index in [4.69, 9.17) is 21.8 Å². The van der Waals surface area contributed by atoms with Crippen molar-refractivity contribution in [2.75, 3.05) is 26.7 Å². The zero-order chi connectivity index (χ0) is 16.7. The SMILES string of the molecule is CC[Si](C)(OC[SiH](C)C)O[Si](C)(COC)O[Si](C)(C)OC. The summed E-state index contributed by atoms with van der Waals surface area (Å²) in [5, 5.41) is 0. The van der Waals surface area contributed by atoms with Crippen LogP contribution in [-0.4, -0.2) is 61.2 Å². The van der Waals surface area contributed by atoms with Crippen LogP contribution in [0.4, 0.5) is 0 Å². The molecule has 0 spiro atoms. The van der Waals surface area contributed by atoms with Crippen molar-refractivity contribution in [2.24, 2.45) is 0 Å². The molecule has 0 aliphatic rings. The third-order valence-electron chi connectivity index (χ3n) is 3.16. The Morgan fingerprint density at radius 2 is 1.48 bits per heavy atom. The van der Waals surface area contributed by atoms with Gasteiger partial charge in [0.1, 0.15) is 0 Å². The van der Waals surface area contributed by atoms with Crippen LogP contribution in [-0.2, 0) is 21.8 Å². The second-order valence-corrected chi connectivity index (χ2v) is 20.3. The second-order valence-electron chi connectivity index (χ2n) is 6.57. The molecule has 0 rings (SSSR count). The van der Waals surface area contributed by atoms with Gasteiger partial charge in [-0.05, 0) is 32.2 Å². The number of ether oxygens (including phenoxy) is 1. The first-order valence-corrected chi connectivity index (χ1v) is 18.6. The van der Waals surface area contributed by atoms with E-state index in [1.165, 1.54) is 0 Å². The van der Waals surface area contributed by atoms with Gasteiger partial charge in [-0.25, -0.2) is 0 Å². The lowest BCUT2D eigenvalue weighted by Gasteiger charge is -2.39. The molecule has 0 amide bonds. The Bertz CT molecular complexity index is 305. The van der Waals surface area contributed by atoms with E-state index in [0.717, 1.165) is 12.3 Å². The maximum Gasteiger partial charge on any atom is 0.344 e. The van der Waals surface area contributed by atoms with Gasteiger partial charge in [0.15, 0.2) is 0 Å². The number of hydrogen-bond acceptors (Lipinski definition) is 5. The minimum atomic E-state index is -2.47. The molecule has 5 nitrogen and oxygen atoms in total. The molecule has 0 aromatic rings. The third-order valence-corrected chi connectivity index (χ3v) is 15.3. The zero-order valence-electron chi connectivity index (χ0n) is 15.2. The summed E-state index contributed by atoms with van der Waals surface area (Å²) in [6.45, 7) is 15.0. The van der Waals surface area contributed by atoms with Gasteiger partial charge in [-0.1, -0.05) is 20.0 Å². The van der Waals surface area contributed by atoms with E-state index >= 15 is 0 Å². The van der Waals surface area contributed by atoms with E-state index in [-0.39, 0.29) is 0 Å². The Morgan fingerprint density at radius 1 is 0.905 bits per heavy atom. The summed E-state index contributed by atoms with van der Waals surface area (Å²) in [5.74, 6) is 0. The molecular formula is C12H34O5Si4. The van der Waals surface area contributed by atoms with Crippen molar-refractivity contribution >= 4 is 34.5 Å². The second kappa shape index (κ2) is 9.08. The molecule has 0 bridgehead atoms. The van der Waals surface area contributed by atoms with E-state index < -0.39 is 34.5 Å². The summed E-state index contributed by atoms with van der Waals surface area (Å²) in [5.41, 5.74) is 0. The Labute approximate surface area is 135 Å². The third kappa shape index (κ3) is 8.76. The molecule has 0 radical (unpaired) electrons. The Balaban J connectivity index is 5.00. The molecule has 21 heavy (non-hydrogen) atoms. The van der Waals surface area contributed by atoms with Crippen LogP contribution in [0, 0.1) is 0 Å². The summed E-state index contributed by atoms with van der Waals surface area (Å²) in [6, 6.07) is 0.915. The number of rotatable bonds is 11. The van der Waals surface area contributed by atoms with Crippen molar-refractivity contribution < 1.29 is 21.8 Å². The first-order valence-electron chi connectivity index (χ1n) is 7.60. The van der Waals surface area contributed by atoms with Crippen LogP contribution in [0.1, 0.15) is 6.92 Å². The van der Waals surface area contributed by atoms with E-state index in [9.17, 15) is 0 Å². The molecule has 0 aromatic heterocycles. The van der Waals surface area contributed by atoms with Crippen molar-refractivity contribution in [3.05, 3.63) is 0 Å². The molecular weight excluding hydrogens is 336 g/mol. The van der Waals surface area contributed by atoms with E-state index in [1.807, 2.05) is 13.1 Å². The van der Waals surface area contributed by atoms with Gasteiger partial charge in [0, 0.05) is 20.4 Å². The van der Waals surface area contributed by atoms with Gasteiger partial charge in [0.2, 0.25) is 0 Å². The van der Waals surface area contributed by atoms with E-state index in [2.05, 4.69) is 33.1 Å². The zero-order valence-corrected chi connectivity index (χ0v) is 19.4. The van der Waals surface area contributed by atoms with Crippen LogP contribution in [0.15, 0.2) is 0 Å². The molecule has 2 unspecified atom stereocenters. The average molecular weight is 371 g/mol. The van der Waals surface area contributed by atoms with Crippen molar-refractivity contribution in [2.45, 2.75) is 52.2 Å². The maximum atomic E-state index is 6.49. The number of hydrogen-bond donors (Lipinski definition) is 0. The summed E-state index contributed by atoms with van der Waals surface area (Å²) in [6.07, 6.45) is 1.36. The van der Waals surface area contributed by atoms with Crippen LogP contribution in [0.3, 0.4) is 0 Å². The highest BCUT2D eigenvalue weighted by atomic mass is 28.5. The van der Waals surface area contributed by atoms with Gasteiger partial charge in [-0.2, -0.15) is 0 Å². The van der Waals surface area contributed by atoms with Gasteiger partial charge in [-0.15, -0.1) is 0 Å². The van der Waals surface area contributed by atoms with Crippen molar-refractivity contribution in [1.82, 2.24) is 0 Å². The summed E-state index contributed by atoms with van der Waals surface area (Å²) in [4.78, 5) is 0. The lowest BCUT2D eigenvalue weighted by molar-refractivity contribution is 0.177. The van der Waals surface area contributed by atoms with Crippen LogP contribution in [0.2, 0.25) is 45.3 Å². The van der Waals surface area contributed by atoms with Gasteiger partial charge >= 0.3 is 25.7 Å². The maximum absolute atomic E-state index is 6.49. The van der Waals surface area contributed by atoms with Crippen LogP contribution in [0.5, 0.6) is 0 Å². The molecule has 0 aliphatic heterocycles. The molecule has 9 heteroatoms. The minimum absolute atomic E-state index is 0.498. The molecule has 0 aliphatic carbocycles. The van der Waals surface area contributed by atoms with Crippen LogP contribution < -0.4 is 0 Å². The Hall–Kier alpha value is 0.668. The quantitative estimate of drug-likeness (QED) is 0.523. The minimum Gasteiger partial charge on any atom is -0.414 e. The van der Waals surface area contributed by atoms with Gasteiger partial charge < -0.3 is 21.8 Å². The smallest absolute Gasteiger partial charge is 0.344 e. The first-order chi connectivity index (χ1) is 9.51. The fourth-order valence-corrected chi connectivity index (χ4v) is 15.4. The molecule has 0 N–H and O–H groups in total. The van der Waals surface area contributed by atoms with E-state index in [1.54, 1.807) is 14.2 Å². The van der Waals surface area contributed by atoms with Crippen LogP contribution in [0.25, 0.3) is 0 Å². The molecule has 0 heterocycles. The van der Waals surface area contributed by atoms with E-state index in [0.29, 0.717) is 6.23 Å². The van der Waals surface area contributed by atoms with Crippen molar-refractivity contribution in [3.63, 3.8) is 0 Å². The molecule has 0 saturated carbocycles. The van der Waals surface area contributed by atoms with Gasteiger partial charge in [0.25, 0.3) is 0 Å². The van der Waals surface area contributed by atoms with Crippen molar-refractivity contribution in [1.29, 1.82) is 0 Å². The highest BCUT2D eigenvalue weighted by Gasteiger charge is 2.46. The lowest BCUT2D eigenvalue weighted by Crippen LogP contribution is -2.59. The predicted octanol–water partition coefficient (Wildman–Crippen LogP) is 2.76. The van der Waals surface area contributed by atoms with Crippen LogP contribution >= 0.6 is 0 Å². The summed E-state index contributed by atoms with van der Waals surface area (Å²) in [7, 11) is -4.23.